The number of rotatable bonds is 5. The van der Waals surface area contributed by atoms with E-state index in [2.05, 4.69) is 9.89 Å². The van der Waals surface area contributed by atoms with Crippen molar-refractivity contribution in [3.8, 4) is 5.75 Å². The van der Waals surface area contributed by atoms with Gasteiger partial charge in [-0.15, -0.1) is 0 Å². The smallest absolute Gasteiger partial charge is 0.352 e. The van der Waals surface area contributed by atoms with Crippen LogP contribution in [0.1, 0.15) is 11.1 Å². The Labute approximate surface area is 123 Å². The van der Waals surface area contributed by atoms with Crippen molar-refractivity contribution in [1.82, 2.24) is 0 Å². The monoisotopic (exact) mass is 281 g/mol. The molecule has 0 bridgehead atoms. The Balaban J connectivity index is 2.12. The first-order chi connectivity index (χ1) is 10.3. The molecule has 2 rings (SSSR count). The number of carbonyl (C=O) groups is 1. The minimum absolute atomic E-state index is 0.560. The Bertz CT molecular complexity index is 648. The molecule has 4 heteroatoms. The highest BCUT2D eigenvalue weighted by Gasteiger charge is 2.00. The number of hydrogen-bond acceptors (Lipinski definition) is 4. The van der Waals surface area contributed by atoms with E-state index in [0.717, 1.165) is 17.3 Å². The van der Waals surface area contributed by atoms with Crippen molar-refractivity contribution < 1.29 is 14.4 Å². The number of para-hydroxylation sites is 1. The molecule has 0 saturated heterocycles. The van der Waals surface area contributed by atoms with Gasteiger partial charge in [0, 0.05) is 5.56 Å². The molecule has 0 saturated carbocycles. The van der Waals surface area contributed by atoms with E-state index in [1.165, 1.54) is 7.11 Å². The van der Waals surface area contributed by atoms with Crippen LogP contribution in [0.3, 0.4) is 0 Å². The predicted octanol–water partition coefficient (Wildman–Crippen LogP) is 3.39. The highest BCUT2D eigenvalue weighted by molar-refractivity contribution is 6.22. The Kier molecular flexibility index (Phi) is 5.29. The van der Waals surface area contributed by atoms with Crippen LogP contribution < -0.4 is 4.84 Å². The Hall–Kier alpha value is -2.88. The molecule has 2 aromatic carbocycles. The van der Waals surface area contributed by atoms with Crippen LogP contribution in [-0.2, 0) is 9.53 Å². The third-order valence-electron chi connectivity index (χ3n) is 2.68. The van der Waals surface area contributed by atoms with Crippen molar-refractivity contribution in [3.05, 3.63) is 65.7 Å². The molecule has 0 amide bonds. The van der Waals surface area contributed by atoms with Crippen molar-refractivity contribution in [2.45, 2.75) is 0 Å². The highest BCUT2D eigenvalue weighted by Crippen LogP contribution is 2.20. The largest absolute Gasteiger partial charge is 0.465 e. The molecular formula is C17H15NO3. The van der Waals surface area contributed by atoms with Crippen LogP contribution in [0.5, 0.6) is 5.75 Å². The normalized spacial score (nSPS) is 10.9. The lowest BCUT2D eigenvalue weighted by molar-refractivity contribution is -0.132. The molecule has 2 aromatic rings. The van der Waals surface area contributed by atoms with Gasteiger partial charge >= 0.3 is 5.97 Å². The molecule has 0 spiro atoms. The van der Waals surface area contributed by atoms with Crippen LogP contribution in [0, 0.1) is 0 Å². The summed E-state index contributed by atoms with van der Waals surface area (Å²) in [6.07, 6.45) is 4.89. The summed E-state index contributed by atoms with van der Waals surface area (Å²) in [6, 6.07) is 17.4. The van der Waals surface area contributed by atoms with Crippen LogP contribution in [-0.4, -0.2) is 19.3 Å². The minimum Gasteiger partial charge on any atom is -0.465 e. The molecule has 0 aliphatic rings. The van der Waals surface area contributed by atoms with Gasteiger partial charge in [0.25, 0.3) is 0 Å². The predicted molar refractivity (Wildman–Crippen MR) is 82.9 cm³/mol. The number of methoxy groups -OCH3 is 1. The van der Waals surface area contributed by atoms with Gasteiger partial charge in [-0.1, -0.05) is 65.8 Å². The topological polar surface area (TPSA) is 47.9 Å². The molecule has 0 unspecified atom stereocenters. The van der Waals surface area contributed by atoms with Gasteiger partial charge in [-0.25, -0.2) is 4.79 Å². The van der Waals surface area contributed by atoms with Crippen molar-refractivity contribution in [1.29, 1.82) is 0 Å². The van der Waals surface area contributed by atoms with Crippen LogP contribution >= 0.6 is 0 Å². The minimum atomic E-state index is -0.563. The molecule has 0 aromatic heterocycles. The van der Waals surface area contributed by atoms with E-state index < -0.39 is 5.97 Å². The second-order valence-corrected chi connectivity index (χ2v) is 4.13. The SMILES string of the molecule is COC(=O)C=NOc1ccccc1C=Cc1ccccc1. The third-order valence-corrected chi connectivity index (χ3v) is 2.68. The quantitative estimate of drug-likeness (QED) is 0.365. The lowest BCUT2D eigenvalue weighted by atomic mass is 10.1. The van der Waals surface area contributed by atoms with E-state index in [4.69, 9.17) is 4.84 Å². The fourth-order valence-electron chi connectivity index (χ4n) is 1.63. The second-order valence-electron chi connectivity index (χ2n) is 4.13. The summed E-state index contributed by atoms with van der Waals surface area (Å²) < 4.78 is 4.44. The maximum Gasteiger partial charge on any atom is 0.352 e. The lowest BCUT2D eigenvalue weighted by Gasteiger charge is -2.02. The summed E-state index contributed by atoms with van der Waals surface area (Å²) in [4.78, 5) is 16.1. The number of carbonyl (C=O) groups excluding carboxylic acids is 1. The van der Waals surface area contributed by atoms with Gasteiger partial charge in [-0.2, -0.15) is 0 Å². The van der Waals surface area contributed by atoms with Crippen LogP contribution in [0.2, 0.25) is 0 Å². The fourth-order valence-corrected chi connectivity index (χ4v) is 1.63. The van der Waals surface area contributed by atoms with Crippen molar-refractivity contribution in [3.63, 3.8) is 0 Å². The molecular weight excluding hydrogens is 266 g/mol. The summed E-state index contributed by atoms with van der Waals surface area (Å²) in [7, 11) is 1.28. The summed E-state index contributed by atoms with van der Waals surface area (Å²) in [5.41, 5.74) is 1.95. The Morgan fingerprint density at radius 3 is 2.48 bits per heavy atom. The molecule has 0 radical (unpaired) electrons. The Morgan fingerprint density at radius 1 is 1.00 bits per heavy atom. The zero-order valence-electron chi connectivity index (χ0n) is 11.6. The first-order valence-electron chi connectivity index (χ1n) is 6.40. The van der Waals surface area contributed by atoms with Crippen molar-refractivity contribution in [2.24, 2.45) is 5.16 Å². The third kappa shape index (κ3) is 4.62. The average Bonchev–Trinajstić information content (AvgIpc) is 2.54. The van der Waals surface area contributed by atoms with Gasteiger partial charge in [-0.05, 0) is 11.6 Å². The summed E-state index contributed by atoms with van der Waals surface area (Å²) in [5, 5.41) is 3.59. The molecule has 106 valence electrons. The van der Waals surface area contributed by atoms with Gasteiger partial charge < -0.3 is 9.57 Å². The molecule has 0 aliphatic heterocycles. The van der Waals surface area contributed by atoms with E-state index >= 15 is 0 Å². The van der Waals surface area contributed by atoms with Gasteiger partial charge in [0.2, 0.25) is 0 Å². The summed E-state index contributed by atoms with van der Waals surface area (Å²) in [6.45, 7) is 0. The maximum absolute atomic E-state index is 10.9. The number of nitrogens with zero attached hydrogens (tertiary/aromatic N) is 1. The van der Waals surface area contributed by atoms with E-state index in [-0.39, 0.29) is 0 Å². The molecule has 0 heterocycles. The van der Waals surface area contributed by atoms with Gasteiger partial charge in [0.1, 0.15) is 0 Å². The Morgan fingerprint density at radius 2 is 1.71 bits per heavy atom. The number of oxime groups is 1. The molecule has 4 nitrogen and oxygen atoms in total. The lowest BCUT2D eigenvalue weighted by Crippen LogP contribution is -2.02. The van der Waals surface area contributed by atoms with Crippen LogP contribution in [0.4, 0.5) is 0 Å². The van der Waals surface area contributed by atoms with Gasteiger partial charge in [-0.3, -0.25) is 0 Å². The second kappa shape index (κ2) is 7.65. The molecule has 0 atom stereocenters. The maximum atomic E-state index is 10.9. The van der Waals surface area contributed by atoms with E-state index in [0.29, 0.717) is 5.75 Å². The summed E-state index contributed by atoms with van der Waals surface area (Å²) >= 11 is 0. The number of ether oxygens (including phenoxy) is 1. The average molecular weight is 281 g/mol. The van der Waals surface area contributed by atoms with Gasteiger partial charge in [0.15, 0.2) is 12.0 Å². The van der Waals surface area contributed by atoms with Gasteiger partial charge in [0.05, 0.1) is 7.11 Å². The van der Waals surface area contributed by atoms with E-state index in [1.54, 1.807) is 6.07 Å². The summed E-state index contributed by atoms with van der Waals surface area (Å²) in [5.74, 6) is -0.00265. The fraction of sp³-hybridized carbons (Fsp3) is 0.0588. The number of benzene rings is 2. The van der Waals surface area contributed by atoms with Crippen molar-refractivity contribution in [2.75, 3.05) is 7.11 Å². The number of hydrogen-bond donors (Lipinski definition) is 0. The van der Waals surface area contributed by atoms with E-state index in [9.17, 15) is 4.79 Å². The standard InChI is InChI=1S/C17H15NO3/c1-20-17(19)13-18-21-16-10-6-5-9-15(16)12-11-14-7-3-2-4-8-14/h2-13H,1H3. The van der Waals surface area contributed by atoms with Crippen LogP contribution in [0.15, 0.2) is 59.8 Å². The van der Waals surface area contributed by atoms with E-state index in [1.807, 2.05) is 60.7 Å². The van der Waals surface area contributed by atoms with Crippen LogP contribution in [0.25, 0.3) is 12.2 Å². The number of esters is 1. The highest BCUT2D eigenvalue weighted by atomic mass is 16.6. The molecule has 0 aliphatic carbocycles. The molecule has 0 N–H and O–H groups in total. The zero-order chi connectivity index (χ0) is 14.9. The van der Waals surface area contributed by atoms with Crippen molar-refractivity contribution >= 4 is 24.3 Å². The zero-order valence-corrected chi connectivity index (χ0v) is 11.6. The first kappa shape index (κ1) is 14.5. The molecule has 21 heavy (non-hydrogen) atoms. The molecule has 0 fully saturated rings. The first-order valence-corrected chi connectivity index (χ1v) is 6.40.